The van der Waals surface area contributed by atoms with Crippen LogP contribution in [0.1, 0.15) is 17.6 Å². The van der Waals surface area contributed by atoms with E-state index in [4.69, 9.17) is 23.2 Å². The number of nitrogens with zero attached hydrogens (tertiary/aromatic N) is 1. The monoisotopic (exact) mass is 286 g/mol. The highest BCUT2D eigenvalue weighted by atomic mass is 35.5. The van der Waals surface area contributed by atoms with Crippen molar-refractivity contribution in [1.29, 1.82) is 0 Å². The first-order valence-electron chi connectivity index (χ1n) is 5.31. The van der Waals surface area contributed by atoms with Crippen LogP contribution in [0.5, 0.6) is 0 Å². The van der Waals surface area contributed by atoms with Crippen LogP contribution in [-0.2, 0) is 13.0 Å². The molecule has 2 rings (SSSR count). The fourth-order valence-corrected chi connectivity index (χ4v) is 2.63. The van der Waals surface area contributed by atoms with Gasteiger partial charge in [0.05, 0.1) is 28.0 Å². The molecule has 0 unspecified atom stereocenters. The van der Waals surface area contributed by atoms with Crippen LogP contribution < -0.4 is 5.32 Å². The Morgan fingerprint density at radius 1 is 1.35 bits per heavy atom. The molecular weight excluding hydrogens is 275 g/mol. The van der Waals surface area contributed by atoms with Crippen LogP contribution in [0.15, 0.2) is 23.6 Å². The van der Waals surface area contributed by atoms with Crippen molar-refractivity contribution >= 4 is 40.2 Å². The number of nitrogens with one attached hydrogen (secondary N) is 1. The Hall–Kier alpha value is -0.770. The van der Waals surface area contributed by atoms with Gasteiger partial charge in [0, 0.05) is 10.4 Å². The number of hydrogen-bond acceptors (Lipinski definition) is 3. The van der Waals surface area contributed by atoms with E-state index in [0.717, 1.165) is 22.8 Å². The molecule has 0 saturated heterocycles. The molecular formula is C12H12Cl2N2S. The molecule has 1 heterocycles. The second-order valence-electron chi connectivity index (χ2n) is 3.56. The molecule has 90 valence electrons. The average molecular weight is 287 g/mol. The fourth-order valence-electron chi connectivity index (χ4n) is 1.41. The van der Waals surface area contributed by atoms with Gasteiger partial charge in [0.15, 0.2) is 0 Å². The molecule has 2 nitrogen and oxygen atoms in total. The summed E-state index contributed by atoms with van der Waals surface area (Å²) in [4.78, 5) is 4.48. The minimum atomic E-state index is 0.628. The molecule has 0 aliphatic heterocycles. The first-order chi connectivity index (χ1) is 8.19. The zero-order chi connectivity index (χ0) is 12.3. The van der Waals surface area contributed by atoms with Gasteiger partial charge in [0.2, 0.25) is 0 Å². The van der Waals surface area contributed by atoms with Crippen molar-refractivity contribution in [2.75, 3.05) is 5.32 Å². The smallest absolute Gasteiger partial charge is 0.0926 e. The van der Waals surface area contributed by atoms with E-state index in [1.54, 1.807) is 17.4 Å². The first-order valence-corrected chi connectivity index (χ1v) is 6.95. The second-order valence-corrected chi connectivity index (χ2v) is 5.35. The Bertz CT molecular complexity index is 511. The normalized spacial score (nSPS) is 10.5. The molecule has 0 atom stereocenters. The molecule has 17 heavy (non-hydrogen) atoms. The van der Waals surface area contributed by atoms with Gasteiger partial charge in [0.1, 0.15) is 0 Å². The molecule has 1 aromatic heterocycles. The topological polar surface area (TPSA) is 24.9 Å². The Labute approximate surface area is 115 Å². The lowest BCUT2D eigenvalue weighted by atomic mass is 10.3. The van der Waals surface area contributed by atoms with E-state index in [1.165, 1.54) is 0 Å². The summed E-state index contributed by atoms with van der Waals surface area (Å²) in [5, 5.41) is 7.74. The lowest BCUT2D eigenvalue weighted by molar-refractivity contribution is 1.01. The molecule has 2 aromatic rings. The summed E-state index contributed by atoms with van der Waals surface area (Å²) in [6.07, 6.45) is 0.979. The van der Waals surface area contributed by atoms with Gasteiger partial charge in [0.25, 0.3) is 0 Å². The Kier molecular flexibility index (Phi) is 4.26. The van der Waals surface area contributed by atoms with Gasteiger partial charge in [-0.3, -0.25) is 0 Å². The Morgan fingerprint density at radius 2 is 2.18 bits per heavy atom. The third-order valence-electron chi connectivity index (χ3n) is 2.29. The quantitative estimate of drug-likeness (QED) is 0.887. The zero-order valence-electron chi connectivity index (χ0n) is 9.34. The Balaban J connectivity index is 2.02. The third-order valence-corrected chi connectivity index (χ3v) is 3.88. The zero-order valence-corrected chi connectivity index (χ0v) is 11.7. The summed E-state index contributed by atoms with van der Waals surface area (Å²) in [5.41, 5.74) is 1.92. The van der Waals surface area contributed by atoms with Crippen LogP contribution in [-0.4, -0.2) is 4.98 Å². The van der Waals surface area contributed by atoms with Gasteiger partial charge in [-0.2, -0.15) is 0 Å². The van der Waals surface area contributed by atoms with Crippen LogP contribution in [0, 0.1) is 0 Å². The molecule has 5 heteroatoms. The average Bonchev–Trinajstić information content (AvgIpc) is 2.76. The summed E-state index contributed by atoms with van der Waals surface area (Å²) in [6, 6.07) is 5.41. The largest absolute Gasteiger partial charge is 0.378 e. The SMILES string of the molecule is CCc1nc(CNc2ccc(Cl)cc2Cl)cs1. The highest BCUT2D eigenvalue weighted by molar-refractivity contribution is 7.09. The van der Waals surface area contributed by atoms with Gasteiger partial charge >= 0.3 is 0 Å². The number of anilines is 1. The summed E-state index contributed by atoms with van der Waals surface area (Å²) in [7, 11) is 0. The van der Waals surface area contributed by atoms with Crippen molar-refractivity contribution < 1.29 is 0 Å². The number of halogens is 2. The van der Waals surface area contributed by atoms with Gasteiger partial charge in [-0.15, -0.1) is 11.3 Å². The van der Waals surface area contributed by atoms with Crippen LogP contribution in [0.25, 0.3) is 0 Å². The van der Waals surface area contributed by atoms with E-state index >= 15 is 0 Å². The van der Waals surface area contributed by atoms with Gasteiger partial charge in [-0.1, -0.05) is 30.1 Å². The maximum absolute atomic E-state index is 6.06. The molecule has 0 amide bonds. The van der Waals surface area contributed by atoms with E-state index < -0.39 is 0 Å². The predicted octanol–water partition coefficient (Wildman–Crippen LogP) is 4.62. The van der Waals surface area contributed by atoms with Gasteiger partial charge in [-0.25, -0.2) is 4.98 Å². The van der Waals surface area contributed by atoms with Crippen LogP contribution >= 0.6 is 34.5 Å². The van der Waals surface area contributed by atoms with Crippen molar-refractivity contribution in [1.82, 2.24) is 4.98 Å². The van der Waals surface area contributed by atoms with E-state index in [9.17, 15) is 0 Å². The minimum Gasteiger partial charge on any atom is -0.378 e. The minimum absolute atomic E-state index is 0.628. The lowest BCUT2D eigenvalue weighted by Gasteiger charge is -2.06. The molecule has 1 N–H and O–H groups in total. The lowest BCUT2D eigenvalue weighted by Crippen LogP contribution is -2.00. The van der Waals surface area contributed by atoms with Gasteiger partial charge < -0.3 is 5.32 Å². The maximum atomic E-state index is 6.06. The van der Waals surface area contributed by atoms with E-state index in [-0.39, 0.29) is 0 Å². The molecule has 0 saturated carbocycles. The summed E-state index contributed by atoms with van der Waals surface area (Å²) in [6.45, 7) is 2.78. The van der Waals surface area contributed by atoms with Gasteiger partial charge in [-0.05, 0) is 24.6 Å². The van der Waals surface area contributed by atoms with Crippen molar-refractivity contribution in [3.05, 3.63) is 44.3 Å². The summed E-state index contributed by atoms with van der Waals surface area (Å²) < 4.78 is 0. The van der Waals surface area contributed by atoms with Crippen molar-refractivity contribution in [3.63, 3.8) is 0 Å². The summed E-state index contributed by atoms with van der Waals surface area (Å²) >= 11 is 13.6. The second kappa shape index (κ2) is 5.71. The molecule has 0 radical (unpaired) electrons. The van der Waals surface area contributed by atoms with E-state index in [1.807, 2.05) is 12.1 Å². The Morgan fingerprint density at radius 3 is 2.82 bits per heavy atom. The van der Waals surface area contributed by atoms with Crippen LogP contribution in [0.3, 0.4) is 0 Å². The summed E-state index contributed by atoms with van der Waals surface area (Å²) in [5.74, 6) is 0. The number of aromatic nitrogens is 1. The van der Waals surface area contributed by atoms with E-state index in [2.05, 4.69) is 22.6 Å². The van der Waals surface area contributed by atoms with Crippen molar-refractivity contribution in [3.8, 4) is 0 Å². The molecule has 0 aliphatic carbocycles. The molecule has 0 fully saturated rings. The molecule has 0 bridgehead atoms. The first kappa shape index (κ1) is 12.7. The molecule has 0 aliphatic rings. The fraction of sp³-hybridized carbons (Fsp3) is 0.250. The number of rotatable bonds is 4. The third kappa shape index (κ3) is 3.35. The van der Waals surface area contributed by atoms with Crippen molar-refractivity contribution in [2.24, 2.45) is 0 Å². The standard InChI is InChI=1S/C12H12Cl2N2S/c1-2-12-16-9(7-17-12)6-15-11-4-3-8(13)5-10(11)14/h3-5,7,15H,2,6H2,1H3. The number of aryl methyl sites for hydroxylation is 1. The van der Waals surface area contributed by atoms with Crippen molar-refractivity contribution in [2.45, 2.75) is 19.9 Å². The maximum Gasteiger partial charge on any atom is 0.0926 e. The highest BCUT2D eigenvalue weighted by Crippen LogP contribution is 2.25. The van der Waals surface area contributed by atoms with Crippen LogP contribution in [0.2, 0.25) is 10.0 Å². The predicted molar refractivity (Wildman–Crippen MR) is 75.3 cm³/mol. The number of hydrogen-bond donors (Lipinski definition) is 1. The number of benzene rings is 1. The number of thiazole rings is 1. The highest BCUT2D eigenvalue weighted by Gasteiger charge is 2.03. The molecule has 0 spiro atoms. The van der Waals surface area contributed by atoms with E-state index in [0.29, 0.717) is 16.6 Å². The van der Waals surface area contributed by atoms with Crippen LogP contribution in [0.4, 0.5) is 5.69 Å². The molecule has 1 aromatic carbocycles.